The monoisotopic (exact) mass is 466 g/mol. The lowest BCUT2D eigenvalue weighted by Crippen LogP contribution is -2.25. The minimum atomic E-state index is -0.288. The molecule has 0 radical (unpaired) electrons. The van der Waals surface area contributed by atoms with Gasteiger partial charge in [-0.05, 0) is 55.0 Å². The summed E-state index contributed by atoms with van der Waals surface area (Å²) in [5, 5.41) is 17.0. The molecule has 9 nitrogen and oxygen atoms in total. The summed E-state index contributed by atoms with van der Waals surface area (Å²) in [5.74, 6) is 1.09. The molecule has 3 heterocycles. The minimum absolute atomic E-state index is 0.275. The van der Waals surface area contributed by atoms with Crippen LogP contribution in [0.4, 0.5) is 0 Å². The molecule has 2 aliphatic rings. The molecule has 0 aliphatic heterocycles. The number of benzene rings is 1. The second-order valence-corrected chi connectivity index (χ2v) is 9.56. The molecule has 0 spiro atoms. The molecule has 176 valence electrons. The molecule has 0 unspecified atom stereocenters. The number of aryl methyl sites for hydroxylation is 1. The van der Waals surface area contributed by atoms with Gasteiger partial charge in [-0.2, -0.15) is 10.4 Å². The predicted molar refractivity (Wildman–Crippen MR) is 129 cm³/mol. The molecule has 2 saturated carbocycles. The van der Waals surface area contributed by atoms with Crippen LogP contribution < -0.4 is 5.32 Å². The van der Waals surface area contributed by atoms with Gasteiger partial charge in [-0.3, -0.25) is 9.48 Å². The first-order valence-electron chi connectivity index (χ1n) is 12.1. The summed E-state index contributed by atoms with van der Waals surface area (Å²) in [4.78, 5) is 26.5. The van der Waals surface area contributed by atoms with E-state index in [1.807, 2.05) is 40.8 Å². The number of fused-ring (bicyclic) bond motifs is 1. The van der Waals surface area contributed by atoms with E-state index in [0.29, 0.717) is 34.4 Å². The van der Waals surface area contributed by atoms with Crippen LogP contribution in [0.2, 0.25) is 0 Å². The predicted octanol–water partition coefficient (Wildman–Crippen LogP) is 4.02. The van der Waals surface area contributed by atoms with Crippen LogP contribution in [0.25, 0.3) is 22.3 Å². The van der Waals surface area contributed by atoms with E-state index in [-0.39, 0.29) is 12.5 Å². The maximum atomic E-state index is 13.2. The van der Waals surface area contributed by atoms with E-state index in [1.54, 1.807) is 6.07 Å². The summed E-state index contributed by atoms with van der Waals surface area (Å²) in [6.07, 6.45) is 12.2. The number of carbonyl (C=O) groups is 1. The first-order valence-corrected chi connectivity index (χ1v) is 12.1. The Kier molecular flexibility index (Phi) is 5.29. The SMILES string of the molecule is Cn1c(C2CCCC2)nc2ncnc(C(=O)NCc3cc(C#N)cc(-c4cnn(C5CC5)c4)c3)c21. The van der Waals surface area contributed by atoms with Crippen molar-refractivity contribution in [3.05, 3.63) is 59.6 Å². The van der Waals surface area contributed by atoms with Crippen molar-refractivity contribution in [2.75, 3.05) is 0 Å². The average molecular weight is 467 g/mol. The van der Waals surface area contributed by atoms with Crippen molar-refractivity contribution in [2.45, 2.75) is 57.0 Å². The molecule has 3 aromatic heterocycles. The molecule has 1 amide bonds. The summed E-state index contributed by atoms with van der Waals surface area (Å²) in [6.45, 7) is 0.275. The third kappa shape index (κ3) is 4.05. The zero-order chi connectivity index (χ0) is 23.9. The highest BCUT2D eigenvalue weighted by molar-refractivity contribution is 6.02. The summed E-state index contributed by atoms with van der Waals surface area (Å²) < 4.78 is 3.97. The molecule has 0 atom stereocenters. The Morgan fingerprint density at radius 1 is 1.14 bits per heavy atom. The number of hydrogen-bond donors (Lipinski definition) is 1. The van der Waals surface area contributed by atoms with Crippen molar-refractivity contribution >= 4 is 17.1 Å². The first-order chi connectivity index (χ1) is 17.1. The van der Waals surface area contributed by atoms with Crippen LogP contribution in [0, 0.1) is 11.3 Å². The van der Waals surface area contributed by atoms with E-state index < -0.39 is 0 Å². The quantitative estimate of drug-likeness (QED) is 0.459. The van der Waals surface area contributed by atoms with Crippen molar-refractivity contribution in [3.8, 4) is 17.2 Å². The molecule has 6 rings (SSSR count). The molecule has 4 aromatic rings. The van der Waals surface area contributed by atoms with Gasteiger partial charge < -0.3 is 9.88 Å². The number of amides is 1. The largest absolute Gasteiger partial charge is 0.347 e. The Balaban J connectivity index is 1.25. The highest BCUT2D eigenvalue weighted by Gasteiger charge is 2.26. The van der Waals surface area contributed by atoms with Gasteiger partial charge >= 0.3 is 0 Å². The molecule has 2 aliphatic carbocycles. The Bertz CT molecular complexity index is 1470. The maximum absolute atomic E-state index is 13.2. The lowest BCUT2D eigenvalue weighted by molar-refractivity contribution is 0.0947. The van der Waals surface area contributed by atoms with Crippen LogP contribution in [0.15, 0.2) is 36.9 Å². The molecular weight excluding hydrogens is 440 g/mol. The summed E-state index contributed by atoms with van der Waals surface area (Å²) in [5.41, 5.74) is 4.79. The molecule has 0 saturated heterocycles. The van der Waals surface area contributed by atoms with Crippen molar-refractivity contribution in [2.24, 2.45) is 7.05 Å². The van der Waals surface area contributed by atoms with Gasteiger partial charge in [0.05, 0.1) is 23.9 Å². The van der Waals surface area contributed by atoms with Gasteiger partial charge in [-0.15, -0.1) is 0 Å². The number of nitriles is 1. The maximum Gasteiger partial charge on any atom is 0.272 e. The third-order valence-electron chi connectivity index (χ3n) is 7.07. The normalized spacial score (nSPS) is 16.0. The van der Waals surface area contributed by atoms with Gasteiger partial charge in [0.15, 0.2) is 11.3 Å². The lowest BCUT2D eigenvalue weighted by atomic mass is 10.0. The molecule has 35 heavy (non-hydrogen) atoms. The van der Waals surface area contributed by atoms with E-state index in [4.69, 9.17) is 4.98 Å². The van der Waals surface area contributed by atoms with E-state index >= 15 is 0 Å². The summed E-state index contributed by atoms with van der Waals surface area (Å²) >= 11 is 0. The first kappa shape index (κ1) is 21.5. The number of rotatable bonds is 6. The smallest absolute Gasteiger partial charge is 0.272 e. The standard InChI is InChI=1S/C26H26N8O/c1-33-23-22(29-15-30-24(23)32-25(33)18-4-2-3-5-18)26(35)28-12-17-8-16(11-27)9-19(10-17)20-13-31-34(14-20)21-6-7-21/h8-10,13-15,18,21H,2-7,12H2,1H3,(H,28,35). The van der Waals surface area contributed by atoms with Crippen molar-refractivity contribution in [1.82, 2.24) is 34.6 Å². The van der Waals surface area contributed by atoms with Gasteiger partial charge in [0.25, 0.3) is 5.91 Å². The van der Waals surface area contributed by atoms with E-state index in [9.17, 15) is 10.1 Å². The number of hydrogen-bond acceptors (Lipinski definition) is 6. The van der Waals surface area contributed by atoms with Gasteiger partial charge in [0.2, 0.25) is 0 Å². The van der Waals surface area contributed by atoms with Crippen LogP contribution in [-0.2, 0) is 13.6 Å². The van der Waals surface area contributed by atoms with Crippen molar-refractivity contribution < 1.29 is 4.79 Å². The Morgan fingerprint density at radius 2 is 1.97 bits per heavy atom. The Hall–Kier alpha value is -4.06. The highest BCUT2D eigenvalue weighted by atomic mass is 16.1. The number of nitrogens with zero attached hydrogens (tertiary/aromatic N) is 7. The van der Waals surface area contributed by atoms with E-state index in [1.165, 1.54) is 19.2 Å². The molecule has 0 bridgehead atoms. The fourth-order valence-corrected chi connectivity index (χ4v) is 5.09. The van der Waals surface area contributed by atoms with E-state index in [0.717, 1.165) is 48.2 Å². The average Bonchev–Trinajstić information content (AvgIpc) is 3.25. The summed E-state index contributed by atoms with van der Waals surface area (Å²) in [6, 6.07) is 8.37. The number of carbonyl (C=O) groups excluding carboxylic acids is 1. The molecule has 1 N–H and O–H groups in total. The fourth-order valence-electron chi connectivity index (χ4n) is 5.09. The zero-order valence-corrected chi connectivity index (χ0v) is 19.6. The number of nitrogens with one attached hydrogen (secondary N) is 1. The number of aromatic nitrogens is 6. The lowest BCUT2D eigenvalue weighted by Gasteiger charge is -2.10. The summed E-state index contributed by atoms with van der Waals surface area (Å²) in [7, 11) is 1.94. The van der Waals surface area contributed by atoms with Crippen LogP contribution in [-0.4, -0.2) is 35.2 Å². The fraction of sp³-hybridized carbons (Fsp3) is 0.385. The van der Waals surface area contributed by atoms with Crippen LogP contribution >= 0.6 is 0 Å². The van der Waals surface area contributed by atoms with Crippen LogP contribution in [0.1, 0.15) is 77.9 Å². The van der Waals surface area contributed by atoms with Gasteiger partial charge in [-0.25, -0.2) is 15.0 Å². The Labute approximate surface area is 202 Å². The second-order valence-electron chi connectivity index (χ2n) is 9.56. The number of imidazole rings is 1. The molecule has 1 aromatic carbocycles. The van der Waals surface area contributed by atoms with Gasteiger partial charge in [0, 0.05) is 31.3 Å². The van der Waals surface area contributed by atoms with Gasteiger partial charge in [-0.1, -0.05) is 12.8 Å². The minimum Gasteiger partial charge on any atom is -0.347 e. The van der Waals surface area contributed by atoms with Crippen molar-refractivity contribution in [3.63, 3.8) is 0 Å². The Morgan fingerprint density at radius 3 is 2.74 bits per heavy atom. The topological polar surface area (TPSA) is 114 Å². The van der Waals surface area contributed by atoms with E-state index in [2.05, 4.69) is 26.5 Å². The third-order valence-corrected chi connectivity index (χ3v) is 7.07. The second kappa shape index (κ2) is 8.62. The highest BCUT2D eigenvalue weighted by Crippen LogP contribution is 2.36. The molecule has 2 fully saturated rings. The molecular formula is C26H26N8O. The van der Waals surface area contributed by atoms with Gasteiger partial charge in [0.1, 0.15) is 17.7 Å². The van der Waals surface area contributed by atoms with Crippen LogP contribution in [0.5, 0.6) is 0 Å². The van der Waals surface area contributed by atoms with Crippen LogP contribution in [0.3, 0.4) is 0 Å². The van der Waals surface area contributed by atoms with Crippen molar-refractivity contribution in [1.29, 1.82) is 5.26 Å². The zero-order valence-electron chi connectivity index (χ0n) is 19.6. The molecule has 9 heteroatoms.